The van der Waals surface area contributed by atoms with E-state index in [2.05, 4.69) is 5.32 Å². The first kappa shape index (κ1) is 8.78. The average Bonchev–Trinajstić information content (AvgIpc) is 1.83. The SMILES string of the molecule is CNC(=O)CSC(C)O. The van der Waals surface area contributed by atoms with Gasteiger partial charge in [0.15, 0.2) is 0 Å². The maximum absolute atomic E-state index is 10.5. The van der Waals surface area contributed by atoms with Crippen LogP contribution in [0, 0.1) is 0 Å². The lowest BCUT2D eigenvalue weighted by Crippen LogP contribution is -2.20. The van der Waals surface area contributed by atoms with Crippen molar-refractivity contribution in [1.29, 1.82) is 0 Å². The first-order valence-corrected chi connectivity index (χ1v) is 3.72. The van der Waals surface area contributed by atoms with Crippen LogP contribution < -0.4 is 5.32 Å². The molecule has 0 saturated carbocycles. The third kappa shape index (κ3) is 5.65. The van der Waals surface area contributed by atoms with E-state index in [1.165, 1.54) is 11.8 Å². The van der Waals surface area contributed by atoms with Gasteiger partial charge in [-0.2, -0.15) is 0 Å². The topological polar surface area (TPSA) is 49.3 Å². The fraction of sp³-hybridized carbons (Fsp3) is 0.800. The van der Waals surface area contributed by atoms with Crippen LogP contribution in [-0.2, 0) is 4.79 Å². The molecule has 0 aliphatic carbocycles. The molecule has 1 atom stereocenters. The molecule has 4 heteroatoms. The van der Waals surface area contributed by atoms with Crippen LogP contribution in [0.15, 0.2) is 0 Å². The van der Waals surface area contributed by atoms with E-state index in [-0.39, 0.29) is 5.91 Å². The van der Waals surface area contributed by atoms with Crippen molar-refractivity contribution in [3.63, 3.8) is 0 Å². The van der Waals surface area contributed by atoms with Gasteiger partial charge in [0, 0.05) is 7.05 Å². The minimum Gasteiger partial charge on any atom is -0.383 e. The first-order valence-electron chi connectivity index (χ1n) is 2.67. The van der Waals surface area contributed by atoms with Crippen LogP contribution >= 0.6 is 11.8 Å². The lowest BCUT2D eigenvalue weighted by Gasteiger charge is -2.01. The number of carbonyl (C=O) groups is 1. The number of thioether (sulfide) groups is 1. The molecule has 0 aromatic heterocycles. The monoisotopic (exact) mass is 149 g/mol. The highest BCUT2D eigenvalue weighted by Gasteiger charge is 2.00. The quantitative estimate of drug-likeness (QED) is 0.546. The lowest BCUT2D eigenvalue weighted by molar-refractivity contribution is -0.118. The third-order valence-corrected chi connectivity index (χ3v) is 1.65. The second kappa shape index (κ2) is 4.64. The molecule has 0 spiro atoms. The summed E-state index contributed by atoms with van der Waals surface area (Å²) in [4.78, 5) is 10.5. The van der Waals surface area contributed by atoms with Crippen molar-refractivity contribution in [2.75, 3.05) is 12.8 Å². The van der Waals surface area contributed by atoms with Crippen LogP contribution in [0.25, 0.3) is 0 Å². The van der Waals surface area contributed by atoms with Gasteiger partial charge in [-0.15, -0.1) is 11.8 Å². The Bertz CT molecular complexity index is 95.0. The second-order valence-corrected chi connectivity index (χ2v) is 2.89. The molecule has 0 heterocycles. The van der Waals surface area contributed by atoms with Gasteiger partial charge in [-0.3, -0.25) is 4.79 Å². The van der Waals surface area contributed by atoms with Crippen LogP contribution in [0.5, 0.6) is 0 Å². The van der Waals surface area contributed by atoms with Crippen molar-refractivity contribution in [2.45, 2.75) is 12.4 Å². The number of rotatable bonds is 3. The highest BCUT2D eigenvalue weighted by atomic mass is 32.2. The molecule has 1 unspecified atom stereocenters. The minimum absolute atomic E-state index is 0.0547. The summed E-state index contributed by atoms with van der Waals surface area (Å²) < 4.78 is 0. The molecule has 9 heavy (non-hydrogen) atoms. The van der Waals surface area contributed by atoms with Crippen molar-refractivity contribution < 1.29 is 9.90 Å². The van der Waals surface area contributed by atoms with Crippen molar-refractivity contribution >= 4 is 17.7 Å². The van der Waals surface area contributed by atoms with E-state index in [9.17, 15) is 4.79 Å². The summed E-state index contributed by atoms with van der Waals surface area (Å²) in [7, 11) is 1.57. The molecule has 0 fully saturated rings. The minimum atomic E-state index is -0.456. The summed E-state index contributed by atoms with van der Waals surface area (Å²) in [6.07, 6.45) is 0. The highest BCUT2D eigenvalue weighted by molar-refractivity contribution is 8.00. The van der Waals surface area contributed by atoms with E-state index >= 15 is 0 Å². The molecule has 0 rings (SSSR count). The Morgan fingerprint density at radius 1 is 1.89 bits per heavy atom. The highest BCUT2D eigenvalue weighted by Crippen LogP contribution is 2.04. The normalized spacial score (nSPS) is 12.8. The Kier molecular flexibility index (Phi) is 4.53. The molecule has 0 saturated heterocycles. The van der Waals surface area contributed by atoms with Gasteiger partial charge in [0.25, 0.3) is 0 Å². The number of amides is 1. The number of hydrogen-bond donors (Lipinski definition) is 2. The van der Waals surface area contributed by atoms with Gasteiger partial charge in [-0.25, -0.2) is 0 Å². The summed E-state index contributed by atoms with van der Waals surface area (Å²) >= 11 is 1.21. The molecular weight excluding hydrogens is 138 g/mol. The van der Waals surface area contributed by atoms with Gasteiger partial charge in [-0.1, -0.05) is 0 Å². The Morgan fingerprint density at radius 3 is 2.78 bits per heavy atom. The Balaban J connectivity index is 3.17. The van der Waals surface area contributed by atoms with E-state index in [0.717, 1.165) is 0 Å². The Labute approximate surface area is 58.8 Å². The number of nitrogens with one attached hydrogen (secondary N) is 1. The van der Waals surface area contributed by atoms with Gasteiger partial charge in [0.1, 0.15) is 0 Å². The van der Waals surface area contributed by atoms with E-state index in [1.54, 1.807) is 14.0 Å². The van der Waals surface area contributed by atoms with Crippen LogP contribution in [0.1, 0.15) is 6.92 Å². The van der Waals surface area contributed by atoms with Crippen LogP contribution in [0.4, 0.5) is 0 Å². The number of aliphatic hydroxyl groups is 1. The molecular formula is C5H11NO2S. The van der Waals surface area contributed by atoms with Gasteiger partial charge < -0.3 is 10.4 Å². The zero-order valence-corrected chi connectivity index (χ0v) is 6.36. The summed E-state index contributed by atoms with van der Waals surface area (Å²) in [6, 6.07) is 0. The fourth-order valence-corrected chi connectivity index (χ4v) is 0.805. The summed E-state index contributed by atoms with van der Waals surface area (Å²) in [5.74, 6) is 0.273. The van der Waals surface area contributed by atoms with E-state index in [4.69, 9.17) is 5.11 Å². The van der Waals surface area contributed by atoms with E-state index in [1.807, 2.05) is 0 Å². The predicted molar refractivity (Wildman–Crippen MR) is 38.2 cm³/mol. The van der Waals surface area contributed by atoms with Crippen LogP contribution in [0.2, 0.25) is 0 Å². The lowest BCUT2D eigenvalue weighted by atomic mass is 10.7. The molecule has 0 aromatic rings. The molecule has 0 aliphatic rings. The molecule has 1 amide bonds. The van der Waals surface area contributed by atoms with Gasteiger partial charge in [0.05, 0.1) is 11.2 Å². The van der Waals surface area contributed by atoms with Gasteiger partial charge in [0.2, 0.25) is 5.91 Å². The molecule has 0 bridgehead atoms. The maximum atomic E-state index is 10.5. The third-order valence-electron chi connectivity index (χ3n) is 0.734. The molecule has 54 valence electrons. The zero-order chi connectivity index (χ0) is 7.28. The summed E-state index contributed by atoms with van der Waals surface area (Å²) in [6.45, 7) is 1.63. The molecule has 0 aromatic carbocycles. The van der Waals surface area contributed by atoms with Crippen LogP contribution in [0.3, 0.4) is 0 Å². The van der Waals surface area contributed by atoms with Gasteiger partial charge in [-0.05, 0) is 6.92 Å². The molecule has 2 N–H and O–H groups in total. The Hall–Kier alpha value is -0.220. The standard InChI is InChI=1S/C5H11NO2S/c1-4(7)9-3-5(8)6-2/h4,7H,3H2,1-2H3,(H,6,8). The molecule has 0 radical (unpaired) electrons. The van der Waals surface area contributed by atoms with Crippen molar-refractivity contribution in [1.82, 2.24) is 5.32 Å². The fourth-order valence-electron chi connectivity index (χ4n) is 0.268. The first-order chi connectivity index (χ1) is 4.16. The smallest absolute Gasteiger partial charge is 0.229 e. The van der Waals surface area contributed by atoms with Crippen molar-refractivity contribution in [2.24, 2.45) is 0 Å². The number of aliphatic hydroxyl groups excluding tert-OH is 1. The molecule has 3 nitrogen and oxygen atoms in total. The number of carbonyl (C=O) groups excluding carboxylic acids is 1. The zero-order valence-electron chi connectivity index (χ0n) is 5.55. The van der Waals surface area contributed by atoms with Gasteiger partial charge >= 0.3 is 0 Å². The number of hydrogen-bond acceptors (Lipinski definition) is 3. The summed E-state index contributed by atoms with van der Waals surface area (Å²) in [5, 5.41) is 11.1. The van der Waals surface area contributed by atoms with Crippen molar-refractivity contribution in [3.8, 4) is 0 Å². The van der Waals surface area contributed by atoms with E-state index < -0.39 is 5.44 Å². The largest absolute Gasteiger partial charge is 0.383 e. The Morgan fingerprint density at radius 2 is 2.44 bits per heavy atom. The second-order valence-electron chi connectivity index (χ2n) is 1.58. The predicted octanol–water partition coefficient (Wildman–Crippen LogP) is -0.196. The summed E-state index contributed by atoms with van der Waals surface area (Å²) in [5.41, 5.74) is -0.456. The van der Waals surface area contributed by atoms with E-state index in [0.29, 0.717) is 5.75 Å². The van der Waals surface area contributed by atoms with Crippen LogP contribution in [-0.4, -0.2) is 29.3 Å². The average molecular weight is 149 g/mol. The molecule has 0 aliphatic heterocycles. The maximum Gasteiger partial charge on any atom is 0.229 e. The van der Waals surface area contributed by atoms with Crippen molar-refractivity contribution in [3.05, 3.63) is 0 Å².